The number of pyridine rings is 1. The van der Waals surface area contributed by atoms with Gasteiger partial charge in [-0.2, -0.15) is 0 Å². The molecule has 0 aliphatic carbocycles. The third-order valence-electron chi connectivity index (χ3n) is 5.22. The van der Waals surface area contributed by atoms with Gasteiger partial charge in [0.1, 0.15) is 23.0 Å². The second-order valence-electron chi connectivity index (χ2n) is 7.55. The number of ether oxygens (including phenoxy) is 2. The second kappa shape index (κ2) is 9.81. The number of halogens is 1. The van der Waals surface area contributed by atoms with Gasteiger partial charge in [-0.1, -0.05) is 35.5 Å². The highest BCUT2D eigenvalue weighted by Crippen LogP contribution is 2.31. The van der Waals surface area contributed by atoms with Crippen LogP contribution in [0.25, 0.3) is 16.6 Å². The molecule has 0 radical (unpaired) electrons. The smallest absolute Gasteiger partial charge is 0.258 e. The Labute approximate surface area is 209 Å². The van der Waals surface area contributed by atoms with Crippen LogP contribution in [-0.2, 0) is 5.75 Å². The van der Waals surface area contributed by atoms with E-state index in [-0.39, 0.29) is 5.56 Å². The lowest BCUT2D eigenvalue weighted by atomic mass is 10.2. The fraction of sp³-hybridized carbons (Fsp3) is 0.120. The van der Waals surface area contributed by atoms with Crippen LogP contribution in [0.1, 0.15) is 5.69 Å². The lowest BCUT2D eigenvalue weighted by molar-refractivity contribution is 0.395. The summed E-state index contributed by atoms with van der Waals surface area (Å²) >= 11 is 7.40. The molecule has 0 unspecified atom stereocenters. The molecule has 8 nitrogen and oxygen atoms in total. The minimum atomic E-state index is -0.193. The molecule has 5 rings (SSSR count). The van der Waals surface area contributed by atoms with E-state index in [2.05, 4.69) is 10.3 Å². The summed E-state index contributed by atoms with van der Waals surface area (Å²) in [5.41, 5.74) is 2.53. The van der Waals surface area contributed by atoms with Crippen molar-refractivity contribution in [3.05, 3.63) is 87.9 Å². The summed E-state index contributed by atoms with van der Waals surface area (Å²) in [4.78, 5) is 26.5. The molecule has 0 aliphatic heterocycles. The monoisotopic (exact) mass is 505 g/mol. The number of fused-ring (bicyclic) bond motifs is 2. The molecule has 10 heteroatoms. The number of thioether (sulfide) groups is 1. The fourth-order valence-electron chi connectivity index (χ4n) is 3.57. The van der Waals surface area contributed by atoms with Crippen LogP contribution in [0.3, 0.4) is 0 Å². The van der Waals surface area contributed by atoms with Crippen LogP contribution in [0.4, 0.5) is 11.5 Å². The number of hydrogen-bond donors (Lipinski definition) is 1. The van der Waals surface area contributed by atoms with Crippen LogP contribution in [0.15, 0.2) is 76.8 Å². The summed E-state index contributed by atoms with van der Waals surface area (Å²) in [6, 6.07) is 18.2. The fourth-order valence-corrected chi connectivity index (χ4v) is 4.47. The Balaban J connectivity index is 1.46. The molecule has 0 amide bonds. The van der Waals surface area contributed by atoms with Crippen molar-refractivity contribution in [3.8, 4) is 11.5 Å². The van der Waals surface area contributed by atoms with Crippen LogP contribution in [0.2, 0.25) is 5.02 Å². The van der Waals surface area contributed by atoms with Gasteiger partial charge in [0.25, 0.3) is 5.56 Å². The Morgan fingerprint density at radius 2 is 1.74 bits per heavy atom. The zero-order valence-corrected chi connectivity index (χ0v) is 20.4. The molecular formula is C25H20ClN5O3S. The summed E-state index contributed by atoms with van der Waals surface area (Å²) in [7, 11) is 3.21. The number of aromatic nitrogens is 4. The number of nitrogens with zero attached hydrogens (tertiary/aromatic N) is 4. The molecule has 0 saturated carbocycles. The van der Waals surface area contributed by atoms with E-state index in [1.54, 1.807) is 38.6 Å². The van der Waals surface area contributed by atoms with E-state index in [1.165, 1.54) is 22.2 Å². The van der Waals surface area contributed by atoms with Crippen molar-refractivity contribution in [3.63, 3.8) is 0 Å². The van der Waals surface area contributed by atoms with Crippen molar-refractivity contribution in [1.29, 1.82) is 0 Å². The summed E-state index contributed by atoms with van der Waals surface area (Å²) < 4.78 is 12.2. The molecule has 5 aromatic rings. The van der Waals surface area contributed by atoms with E-state index in [1.807, 2.05) is 36.4 Å². The topological polar surface area (TPSA) is 90.6 Å². The highest BCUT2D eigenvalue weighted by atomic mass is 35.5. The van der Waals surface area contributed by atoms with E-state index in [4.69, 9.17) is 31.0 Å². The Morgan fingerprint density at radius 1 is 0.971 bits per heavy atom. The van der Waals surface area contributed by atoms with Crippen molar-refractivity contribution < 1.29 is 9.47 Å². The Hall–Kier alpha value is -3.82. The minimum absolute atomic E-state index is 0.193. The summed E-state index contributed by atoms with van der Waals surface area (Å²) in [5.74, 6) is 2.40. The number of rotatable bonds is 7. The van der Waals surface area contributed by atoms with Gasteiger partial charge in [0.2, 0.25) is 0 Å². The molecule has 0 atom stereocenters. The van der Waals surface area contributed by atoms with Gasteiger partial charge in [-0.15, -0.1) is 0 Å². The largest absolute Gasteiger partial charge is 0.497 e. The van der Waals surface area contributed by atoms with Gasteiger partial charge in [0, 0.05) is 47.3 Å². The first kappa shape index (κ1) is 22.9. The Morgan fingerprint density at radius 3 is 2.51 bits per heavy atom. The lowest BCUT2D eigenvalue weighted by Gasteiger charge is -2.13. The van der Waals surface area contributed by atoms with Gasteiger partial charge in [0.15, 0.2) is 5.16 Å². The number of hydrogen-bond acceptors (Lipinski definition) is 8. The SMILES string of the molecule is COc1cc(Nc2nc(SCc3cc(=O)n4cc(Cl)ccc4n3)nc3ccccc23)cc(OC)c1. The zero-order valence-electron chi connectivity index (χ0n) is 18.9. The first-order chi connectivity index (χ1) is 17.0. The molecule has 0 saturated heterocycles. The maximum atomic E-state index is 12.5. The van der Waals surface area contributed by atoms with Crippen molar-refractivity contribution in [1.82, 2.24) is 19.4 Å². The normalized spacial score (nSPS) is 11.1. The lowest BCUT2D eigenvalue weighted by Crippen LogP contribution is -2.15. The summed E-state index contributed by atoms with van der Waals surface area (Å²) in [6.45, 7) is 0. The highest BCUT2D eigenvalue weighted by molar-refractivity contribution is 7.98. The predicted molar refractivity (Wildman–Crippen MR) is 138 cm³/mol. The van der Waals surface area contributed by atoms with Crippen LogP contribution in [0.5, 0.6) is 11.5 Å². The third kappa shape index (κ3) is 5.01. The van der Waals surface area contributed by atoms with Crippen molar-refractivity contribution in [2.24, 2.45) is 0 Å². The van der Waals surface area contributed by atoms with Gasteiger partial charge < -0.3 is 14.8 Å². The summed E-state index contributed by atoms with van der Waals surface area (Å²) in [5, 5.41) is 5.27. The van der Waals surface area contributed by atoms with Gasteiger partial charge in [-0.25, -0.2) is 15.0 Å². The predicted octanol–water partition coefficient (Wildman–Crippen LogP) is 5.34. The number of para-hydroxylation sites is 1. The molecule has 0 fully saturated rings. The van der Waals surface area contributed by atoms with E-state index >= 15 is 0 Å². The molecule has 2 aromatic carbocycles. The van der Waals surface area contributed by atoms with E-state index in [0.717, 1.165) is 16.6 Å². The average molecular weight is 506 g/mol. The van der Waals surface area contributed by atoms with Gasteiger partial charge in [-0.05, 0) is 24.3 Å². The Kier molecular flexibility index (Phi) is 6.43. The highest BCUT2D eigenvalue weighted by Gasteiger charge is 2.12. The molecular weight excluding hydrogens is 486 g/mol. The van der Waals surface area contributed by atoms with Crippen LogP contribution in [0, 0.1) is 0 Å². The zero-order chi connectivity index (χ0) is 24.4. The van der Waals surface area contributed by atoms with E-state index in [9.17, 15) is 4.79 Å². The van der Waals surface area contributed by atoms with Crippen LogP contribution >= 0.6 is 23.4 Å². The molecule has 0 bridgehead atoms. The van der Waals surface area contributed by atoms with Crippen LogP contribution in [-0.4, -0.2) is 33.6 Å². The number of methoxy groups -OCH3 is 2. The first-order valence-electron chi connectivity index (χ1n) is 10.6. The van der Waals surface area contributed by atoms with E-state index < -0.39 is 0 Å². The molecule has 176 valence electrons. The number of nitrogens with one attached hydrogen (secondary N) is 1. The minimum Gasteiger partial charge on any atom is -0.497 e. The maximum Gasteiger partial charge on any atom is 0.258 e. The quantitative estimate of drug-likeness (QED) is 0.234. The molecule has 35 heavy (non-hydrogen) atoms. The standard InChI is InChI=1S/C25H20ClN5O3S/c1-33-18-9-16(10-19(12-18)34-2)28-24-20-5-3-4-6-21(20)29-25(30-24)35-14-17-11-23(32)31-13-15(26)7-8-22(31)27-17/h3-13H,14H2,1-2H3,(H,28,29,30). The van der Waals surface area contributed by atoms with Gasteiger partial charge in [-0.3, -0.25) is 9.20 Å². The Bertz CT molecular complexity index is 1590. The van der Waals surface area contributed by atoms with Gasteiger partial charge >= 0.3 is 0 Å². The number of anilines is 2. The average Bonchev–Trinajstić information content (AvgIpc) is 2.87. The molecule has 3 heterocycles. The van der Waals surface area contributed by atoms with Crippen LogP contribution < -0.4 is 20.3 Å². The summed E-state index contributed by atoms with van der Waals surface area (Å²) in [6.07, 6.45) is 1.56. The van der Waals surface area contributed by atoms with Crippen molar-refractivity contribution in [2.75, 3.05) is 19.5 Å². The third-order valence-corrected chi connectivity index (χ3v) is 6.33. The van der Waals surface area contributed by atoms with Gasteiger partial charge in [0.05, 0.1) is 30.5 Å². The van der Waals surface area contributed by atoms with E-state index in [0.29, 0.717) is 44.6 Å². The number of benzene rings is 2. The van der Waals surface area contributed by atoms with Crippen molar-refractivity contribution in [2.45, 2.75) is 10.9 Å². The molecule has 1 N–H and O–H groups in total. The first-order valence-corrected chi connectivity index (χ1v) is 12.0. The maximum absolute atomic E-state index is 12.5. The molecule has 3 aromatic heterocycles. The second-order valence-corrected chi connectivity index (χ2v) is 8.93. The molecule has 0 spiro atoms. The van der Waals surface area contributed by atoms with Crippen molar-refractivity contribution >= 4 is 51.4 Å². The molecule has 0 aliphatic rings.